The lowest BCUT2D eigenvalue weighted by Gasteiger charge is -2.33. The second-order valence-electron chi connectivity index (χ2n) is 6.76. The van der Waals surface area contributed by atoms with Gasteiger partial charge in [-0.15, -0.1) is 0 Å². The third-order valence-corrected chi connectivity index (χ3v) is 3.66. The average Bonchev–Trinajstić information content (AvgIpc) is 2.46. The van der Waals surface area contributed by atoms with Crippen molar-refractivity contribution in [3.63, 3.8) is 0 Å². The van der Waals surface area contributed by atoms with Crippen LogP contribution in [0.15, 0.2) is 24.5 Å². The number of pyridine rings is 1. The van der Waals surface area contributed by atoms with Crippen LogP contribution in [-0.2, 0) is 16.0 Å². The zero-order valence-electron chi connectivity index (χ0n) is 13.5. The second kappa shape index (κ2) is 6.90. The smallest absolute Gasteiger partial charge is 0.410 e. The van der Waals surface area contributed by atoms with Gasteiger partial charge in [0.25, 0.3) is 0 Å². The normalized spacial score (nSPS) is 18.9. The van der Waals surface area contributed by atoms with E-state index in [-0.39, 0.29) is 17.8 Å². The number of rotatable bonds is 3. The minimum atomic E-state index is -0.509. The van der Waals surface area contributed by atoms with Gasteiger partial charge < -0.3 is 9.64 Å². The molecule has 0 aromatic carbocycles. The van der Waals surface area contributed by atoms with Crippen molar-refractivity contribution in [2.24, 2.45) is 5.92 Å². The van der Waals surface area contributed by atoms with Crippen LogP contribution in [0.2, 0.25) is 0 Å². The molecule has 22 heavy (non-hydrogen) atoms. The number of hydrogen-bond donors (Lipinski definition) is 0. The fourth-order valence-corrected chi connectivity index (χ4v) is 2.58. The Balaban J connectivity index is 1.92. The number of amides is 1. The second-order valence-corrected chi connectivity index (χ2v) is 6.76. The molecule has 1 aliphatic heterocycles. The van der Waals surface area contributed by atoms with E-state index in [1.165, 1.54) is 0 Å². The Morgan fingerprint density at radius 2 is 2.00 bits per heavy atom. The summed E-state index contributed by atoms with van der Waals surface area (Å²) in [5.74, 6) is 0.0777. The maximum atomic E-state index is 12.4. The van der Waals surface area contributed by atoms with E-state index in [4.69, 9.17) is 4.74 Å². The number of aromatic nitrogens is 1. The number of nitrogens with zero attached hydrogens (tertiary/aromatic N) is 2. The zero-order chi connectivity index (χ0) is 16.2. The first-order valence-electron chi connectivity index (χ1n) is 7.75. The number of hydrogen-bond acceptors (Lipinski definition) is 4. The fourth-order valence-electron chi connectivity index (χ4n) is 2.58. The van der Waals surface area contributed by atoms with E-state index >= 15 is 0 Å². The van der Waals surface area contributed by atoms with Crippen molar-refractivity contribution >= 4 is 11.9 Å². The van der Waals surface area contributed by atoms with E-state index in [0.29, 0.717) is 19.5 Å². The van der Waals surface area contributed by atoms with E-state index in [1.54, 1.807) is 17.3 Å². The van der Waals surface area contributed by atoms with Crippen molar-refractivity contribution in [3.05, 3.63) is 30.1 Å². The number of piperidine rings is 1. The molecule has 1 fully saturated rings. The summed E-state index contributed by atoms with van der Waals surface area (Å²) in [6.45, 7) is 6.66. The number of Topliss-reactive ketones (excluding diaryl/α,β-unsaturated/α-hetero) is 1. The average molecular weight is 304 g/mol. The molecule has 0 saturated carbocycles. The molecule has 5 nitrogen and oxygen atoms in total. The molecular formula is C17H24N2O3. The quantitative estimate of drug-likeness (QED) is 0.861. The van der Waals surface area contributed by atoms with Crippen LogP contribution in [0.3, 0.4) is 0 Å². The molecule has 120 valence electrons. The van der Waals surface area contributed by atoms with Crippen molar-refractivity contribution in [3.8, 4) is 0 Å². The predicted molar refractivity (Wildman–Crippen MR) is 83.5 cm³/mol. The Bertz CT molecular complexity index is 522. The molecule has 1 atom stereocenters. The Hall–Kier alpha value is -1.91. The highest BCUT2D eigenvalue weighted by molar-refractivity contribution is 5.84. The topological polar surface area (TPSA) is 59.5 Å². The monoisotopic (exact) mass is 304 g/mol. The predicted octanol–water partition coefficient (Wildman–Crippen LogP) is 2.84. The molecule has 1 unspecified atom stereocenters. The van der Waals surface area contributed by atoms with Gasteiger partial charge in [-0.25, -0.2) is 4.79 Å². The van der Waals surface area contributed by atoms with E-state index in [9.17, 15) is 9.59 Å². The molecule has 2 heterocycles. The lowest BCUT2D eigenvalue weighted by Crippen LogP contribution is -2.44. The summed E-state index contributed by atoms with van der Waals surface area (Å²) in [6, 6.07) is 3.71. The number of likely N-dealkylation sites (tertiary alicyclic amines) is 1. The summed E-state index contributed by atoms with van der Waals surface area (Å²) in [5.41, 5.74) is 0.458. The Morgan fingerprint density at radius 1 is 1.32 bits per heavy atom. The van der Waals surface area contributed by atoms with Crippen LogP contribution in [0.5, 0.6) is 0 Å². The fraction of sp³-hybridized carbons (Fsp3) is 0.588. The van der Waals surface area contributed by atoms with Crippen LogP contribution in [0.1, 0.15) is 39.2 Å². The van der Waals surface area contributed by atoms with Crippen LogP contribution in [0.4, 0.5) is 4.79 Å². The Morgan fingerprint density at radius 3 is 2.64 bits per heavy atom. The Kier molecular flexibility index (Phi) is 5.16. The third kappa shape index (κ3) is 4.83. The summed E-state index contributed by atoms with van der Waals surface area (Å²) in [5, 5.41) is 0. The number of ether oxygens (including phenoxy) is 1. The third-order valence-electron chi connectivity index (χ3n) is 3.66. The van der Waals surface area contributed by atoms with Gasteiger partial charge in [-0.05, 0) is 51.3 Å². The van der Waals surface area contributed by atoms with Crippen molar-refractivity contribution in [2.45, 2.75) is 45.6 Å². The lowest BCUT2D eigenvalue weighted by molar-refractivity contribution is -0.123. The summed E-state index contributed by atoms with van der Waals surface area (Å²) in [4.78, 5) is 30.2. The highest BCUT2D eigenvalue weighted by atomic mass is 16.6. The molecule has 0 spiro atoms. The van der Waals surface area contributed by atoms with E-state index in [1.807, 2.05) is 32.9 Å². The van der Waals surface area contributed by atoms with Crippen LogP contribution >= 0.6 is 0 Å². The van der Waals surface area contributed by atoms with Gasteiger partial charge in [0.2, 0.25) is 0 Å². The molecule has 1 aromatic rings. The van der Waals surface area contributed by atoms with E-state index < -0.39 is 5.60 Å². The van der Waals surface area contributed by atoms with E-state index in [0.717, 1.165) is 18.4 Å². The van der Waals surface area contributed by atoms with Crippen LogP contribution in [-0.4, -0.2) is 40.5 Å². The van der Waals surface area contributed by atoms with Gasteiger partial charge in [0, 0.05) is 37.8 Å². The SMILES string of the molecule is CC(C)(C)OC(=O)N1CCCC(C(=O)Cc2ccncc2)C1. The maximum Gasteiger partial charge on any atom is 0.410 e. The first kappa shape index (κ1) is 16.5. The highest BCUT2D eigenvalue weighted by Gasteiger charge is 2.30. The molecule has 0 bridgehead atoms. The molecule has 1 aliphatic rings. The van der Waals surface area contributed by atoms with Crippen LogP contribution in [0, 0.1) is 5.92 Å². The van der Waals surface area contributed by atoms with Gasteiger partial charge in [-0.2, -0.15) is 0 Å². The summed E-state index contributed by atoms with van der Waals surface area (Å²) in [6.07, 6.45) is 5.13. The van der Waals surface area contributed by atoms with Gasteiger partial charge >= 0.3 is 6.09 Å². The van der Waals surface area contributed by atoms with Gasteiger partial charge in [-0.3, -0.25) is 9.78 Å². The van der Waals surface area contributed by atoms with Gasteiger partial charge in [0.1, 0.15) is 11.4 Å². The minimum absolute atomic E-state index is 0.102. The largest absolute Gasteiger partial charge is 0.444 e. The summed E-state index contributed by atoms with van der Waals surface area (Å²) in [7, 11) is 0. The minimum Gasteiger partial charge on any atom is -0.444 e. The molecule has 2 rings (SSSR count). The lowest BCUT2D eigenvalue weighted by atomic mass is 9.91. The van der Waals surface area contributed by atoms with Gasteiger partial charge in [0.05, 0.1) is 0 Å². The molecule has 1 saturated heterocycles. The van der Waals surface area contributed by atoms with Crippen LogP contribution in [0.25, 0.3) is 0 Å². The van der Waals surface area contributed by atoms with Gasteiger partial charge in [-0.1, -0.05) is 0 Å². The maximum absolute atomic E-state index is 12.4. The van der Waals surface area contributed by atoms with Crippen molar-refractivity contribution in [1.82, 2.24) is 9.88 Å². The highest BCUT2D eigenvalue weighted by Crippen LogP contribution is 2.21. The summed E-state index contributed by atoms with van der Waals surface area (Å²) < 4.78 is 5.39. The molecule has 0 N–H and O–H groups in total. The summed E-state index contributed by atoms with van der Waals surface area (Å²) >= 11 is 0. The molecule has 0 aliphatic carbocycles. The standard InChI is InChI=1S/C17H24N2O3/c1-17(2,3)22-16(21)19-10-4-5-14(12-19)15(20)11-13-6-8-18-9-7-13/h6-9,14H,4-5,10-12H2,1-3H3. The molecule has 0 radical (unpaired) electrons. The number of carbonyl (C=O) groups excluding carboxylic acids is 2. The van der Waals surface area contributed by atoms with Crippen LogP contribution < -0.4 is 0 Å². The Labute approximate surface area is 131 Å². The van der Waals surface area contributed by atoms with Crippen molar-refractivity contribution in [2.75, 3.05) is 13.1 Å². The van der Waals surface area contributed by atoms with Crippen molar-refractivity contribution < 1.29 is 14.3 Å². The molecule has 1 aromatic heterocycles. The molecular weight excluding hydrogens is 280 g/mol. The van der Waals surface area contributed by atoms with Crippen molar-refractivity contribution in [1.29, 1.82) is 0 Å². The zero-order valence-corrected chi connectivity index (χ0v) is 13.5. The number of carbonyl (C=O) groups is 2. The molecule has 1 amide bonds. The number of ketones is 1. The van der Waals surface area contributed by atoms with E-state index in [2.05, 4.69) is 4.98 Å². The first-order chi connectivity index (χ1) is 10.3. The van der Waals surface area contributed by atoms with Gasteiger partial charge in [0.15, 0.2) is 0 Å². The molecule has 5 heteroatoms. The first-order valence-corrected chi connectivity index (χ1v) is 7.75.